The number of aromatic hydroxyl groups is 1. The Balaban J connectivity index is 3.34. The van der Waals surface area contributed by atoms with E-state index in [0.29, 0.717) is 13.0 Å². The zero-order chi connectivity index (χ0) is 15.5. The van der Waals surface area contributed by atoms with Crippen molar-refractivity contribution in [1.29, 1.82) is 0 Å². The molecule has 0 aliphatic carbocycles. The summed E-state index contributed by atoms with van der Waals surface area (Å²) >= 11 is 0. The second-order valence-corrected chi connectivity index (χ2v) is 6.51. The van der Waals surface area contributed by atoms with Crippen molar-refractivity contribution >= 4 is 15.7 Å². The first-order valence-corrected chi connectivity index (χ1v) is 7.65. The zero-order valence-electron chi connectivity index (χ0n) is 11.6. The molecule has 0 aliphatic heterocycles. The van der Waals surface area contributed by atoms with Crippen molar-refractivity contribution in [2.24, 2.45) is 0 Å². The number of hydrogen-bond donors (Lipinski definition) is 1. The molecular formula is C12H18N2O5S. The molecule has 1 N–H and O–H groups in total. The first kappa shape index (κ1) is 16.4. The molecule has 0 fully saturated rings. The third-order valence-corrected chi connectivity index (χ3v) is 4.84. The molecule has 20 heavy (non-hydrogen) atoms. The number of phenolic OH excluding ortho intramolecular Hbond substituents is 1. The van der Waals surface area contributed by atoms with Gasteiger partial charge in [-0.1, -0.05) is 6.92 Å². The third kappa shape index (κ3) is 3.26. The SMILES string of the molecule is CCCN(C(C)C)S(=O)(=O)c1ccc(O)c([N+](=O)[O-])c1. The van der Waals surface area contributed by atoms with Crippen LogP contribution >= 0.6 is 0 Å². The number of hydrogen-bond acceptors (Lipinski definition) is 5. The molecule has 0 spiro atoms. The van der Waals surface area contributed by atoms with Crippen molar-refractivity contribution in [3.8, 4) is 5.75 Å². The minimum atomic E-state index is -3.82. The average Bonchev–Trinajstić information content (AvgIpc) is 2.35. The van der Waals surface area contributed by atoms with Crippen LogP contribution in [0.25, 0.3) is 0 Å². The number of nitro benzene ring substituents is 1. The number of rotatable bonds is 6. The van der Waals surface area contributed by atoms with Gasteiger partial charge in [0.05, 0.1) is 9.82 Å². The van der Waals surface area contributed by atoms with Gasteiger partial charge in [0.25, 0.3) is 0 Å². The second kappa shape index (κ2) is 6.19. The number of nitro groups is 1. The molecule has 7 nitrogen and oxygen atoms in total. The van der Waals surface area contributed by atoms with Crippen LogP contribution in [0, 0.1) is 10.1 Å². The standard InChI is InChI=1S/C12H18N2O5S/c1-4-7-13(9(2)3)20(18,19)10-5-6-12(15)11(8-10)14(16)17/h5-6,8-9,15H,4,7H2,1-3H3. The summed E-state index contributed by atoms with van der Waals surface area (Å²) in [5.41, 5.74) is -0.619. The molecule has 0 radical (unpaired) electrons. The summed E-state index contributed by atoms with van der Waals surface area (Å²) in [6, 6.07) is 2.82. The van der Waals surface area contributed by atoms with E-state index in [0.717, 1.165) is 12.1 Å². The summed E-state index contributed by atoms with van der Waals surface area (Å²) in [6.07, 6.45) is 0.636. The van der Waals surface area contributed by atoms with E-state index in [2.05, 4.69) is 0 Å². The molecule has 1 aromatic rings. The van der Waals surface area contributed by atoms with E-state index in [1.165, 1.54) is 10.4 Å². The Hall–Kier alpha value is -1.67. The highest BCUT2D eigenvalue weighted by atomic mass is 32.2. The molecule has 1 rings (SSSR count). The Bertz CT molecular complexity index is 598. The van der Waals surface area contributed by atoms with E-state index in [4.69, 9.17) is 0 Å². The quantitative estimate of drug-likeness (QED) is 0.640. The fourth-order valence-corrected chi connectivity index (χ4v) is 3.57. The van der Waals surface area contributed by atoms with E-state index in [1.54, 1.807) is 13.8 Å². The largest absolute Gasteiger partial charge is 0.502 e. The van der Waals surface area contributed by atoms with E-state index in [1.807, 2.05) is 6.92 Å². The highest BCUT2D eigenvalue weighted by Crippen LogP contribution is 2.30. The van der Waals surface area contributed by atoms with Gasteiger partial charge < -0.3 is 5.11 Å². The lowest BCUT2D eigenvalue weighted by Crippen LogP contribution is -2.37. The van der Waals surface area contributed by atoms with Crippen molar-refractivity contribution in [3.05, 3.63) is 28.3 Å². The third-order valence-electron chi connectivity index (χ3n) is 2.77. The smallest absolute Gasteiger partial charge is 0.312 e. The monoisotopic (exact) mass is 302 g/mol. The maximum Gasteiger partial charge on any atom is 0.312 e. The van der Waals surface area contributed by atoms with Crippen molar-refractivity contribution < 1.29 is 18.4 Å². The van der Waals surface area contributed by atoms with E-state index < -0.39 is 26.4 Å². The van der Waals surface area contributed by atoms with Gasteiger partial charge in [-0.15, -0.1) is 0 Å². The minimum absolute atomic E-state index is 0.191. The van der Waals surface area contributed by atoms with Gasteiger partial charge in [-0.05, 0) is 32.4 Å². The van der Waals surface area contributed by atoms with Gasteiger partial charge in [-0.2, -0.15) is 4.31 Å². The molecular weight excluding hydrogens is 284 g/mol. The molecule has 0 bridgehead atoms. The van der Waals surface area contributed by atoms with Crippen LogP contribution in [-0.2, 0) is 10.0 Å². The van der Waals surface area contributed by atoms with Gasteiger partial charge in [0.2, 0.25) is 10.0 Å². The number of benzene rings is 1. The van der Waals surface area contributed by atoms with Crippen LogP contribution in [0.15, 0.2) is 23.1 Å². The maximum absolute atomic E-state index is 12.5. The van der Waals surface area contributed by atoms with Gasteiger partial charge >= 0.3 is 5.69 Å². The lowest BCUT2D eigenvalue weighted by atomic mass is 10.3. The first-order valence-electron chi connectivity index (χ1n) is 6.21. The lowest BCUT2D eigenvalue weighted by Gasteiger charge is -2.25. The maximum atomic E-state index is 12.5. The van der Waals surface area contributed by atoms with Crippen LogP contribution in [0.2, 0.25) is 0 Å². The van der Waals surface area contributed by atoms with Crippen LogP contribution < -0.4 is 0 Å². The Kier molecular flexibility index (Phi) is 5.07. The van der Waals surface area contributed by atoms with Gasteiger partial charge in [0.1, 0.15) is 0 Å². The van der Waals surface area contributed by atoms with Crippen LogP contribution in [0.3, 0.4) is 0 Å². The van der Waals surface area contributed by atoms with Crippen molar-refractivity contribution in [3.63, 3.8) is 0 Å². The fourth-order valence-electron chi connectivity index (χ4n) is 1.82. The van der Waals surface area contributed by atoms with Crippen LogP contribution in [0.5, 0.6) is 5.75 Å². The molecule has 0 atom stereocenters. The number of nitrogens with zero attached hydrogens (tertiary/aromatic N) is 2. The molecule has 0 saturated heterocycles. The highest BCUT2D eigenvalue weighted by molar-refractivity contribution is 7.89. The molecule has 8 heteroatoms. The normalized spacial score (nSPS) is 12.1. The Morgan fingerprint density at radius 2 is 2.00 bits per heavy atom. The molecule has 1 aromatic carbocycles. The van der Waals surface area contributed by atoms with Crippen LogP contribution in [0.1, 0.15) is 27.2 Å². The van der Waals surface area contributed by atoms with Crippen molar-refractivity contribution in [1.82, 2.24) is 4.31 Å². The highest BCUT2D eigenvalue weighted by Gasteiger charge is 2.28. The predicted molar refractivity (Wildman–Crippen MR) is 74.1 cm³/mol. The molecule has 0 unspecified atom stereocenters. The van der Waals surface area contributed by atoms with Gasteiger partial charge in [-0.25, -0.2) is 8.42 Å². The number of phenols is 1. The predicted octanol–water partition coefficient (Wildman–Crippen LogP) is 2.11. The summed E-state index contributed by atoms with van der Waals surface area (Å²) < 4.78 is 26.2. The Morgan fingerprint density at radius 3 is 2.45 bits per heavy atom. The molecule has 112 valence electrons. The van der Waals surface area contributed by atoms with Crippen molar-refractivity contribution in [2.75, 3.05) is 6.54 Å². The van der Waals surface area contributed by atoms with E-state index >= 15 is 0 Å². The van der Waals surface area contributed by atoms with Gasteiger partial charge in [0.15, 0.2) is 5.75 Å². The van der Waals surface area contributed by atoms with E-state index in [-0.39, 0.29) is 10.9 Å². The molecule has 0 aromatic heterocycles. The summed E-state index contributed by atoms with van der Waals surface area (Å²) in [5.74, 6) is -0.555. The molecule has 0 saturated carbocycles. The Labute approximate surface area is 118 Å². The summed E-state index contributed by atoms with van der Waals surface area (Å²) in [6.45, 7) is 5.66. The molecule has 0 amide bonds. The average molecular weight is 302 g/mol. The van der Waals surface area contributed by atoms with Gasteiger partial charge in [0, 0.05) is 18.7 Å². The van der Waals surface area contributed by atoms with Gasteiger partial charge in [-0.3, -0.25) is 10.1 Å². The second-order valence-electron chi connectivity index (χ2n) is 4.62. The lowest BCUT2D eigenvalue weighted by molar-refractivity contribution is -0.386. The van der Waals surface area contributed by atoms with Crippen LogP contribution in [-0.4, -0.2) is 35.3 Å². The summed E-state index contributed by atoms with van der Waals surface area (Å²) in [7, 11) is -3.82. The van der Waals surface area contributed by atoms with Crippen LogP contribution in [0.4, 0.5) is 5.69 Å². The Morgan fingerprint density at radius 1 is 1.40 bits per heavy atom. The fraction of sp³-hybridized carbons (Fsp3) is 0.500. The number of sulfonamides is 1. The zero-order valence-corrected chi connectivity index (χ0v) is 12.4. The molecule has 0 heterocycles. The summed E-state index contributed by atoms with van der Waals surface area (Å²) in [5, 5.41) is 20.1. The summed E-state index contributed by atoms with van der Waals surface area (Å²) in [4.78, 5) is 9.77. The molecule has 0 aliphatic rings. The van der Waals surface area contributed by atoms with Crippen molar-refractivity contribution in [2.45, 2.75) is 38.1 Å². The minimum Gasteiger partial charge on any atom is -0.502 e. The first-order chi connectivity index (χ1) is 9.21. The topological polar surface area (TPSA) is 101 Å². The van der Waals surface area contributed by atoms with E-state index in [9.17, 15) is 23.6 Å².